The standard InChI is InChI=1S/C15H22O4Si/c1-10-8-11-12(16)6-7-13(17)14(11)15(9-10,18-2)19-20(3,4)5/h6-7,9,11,14H,8H2,1-5H3. The van der Waals surface area contributed by atoms with E-state index >= 15 is 0 Å². The first kappa shape index (κ1) is 15.3. The van der Waals surface area contributed by atoms with Crippen LogP contribution >= 0.6 is 0 Å². The quantitative estimate of drug-likeness (QED) is 0.456. The van der Waals surface area contributed by atoms with Gasteiger partial charge in [-0.1, -0.05) is 5.57 Å². The van der Waals surface area contributed by atoms with E-state index in [-0.39, 0.29) is 17.5 Å². The van der Waals surface area contributed by atoms with Crippen LogP contribution < -0.4 is 0 Å². The summed E-state index contributed by atoms with van der Waals surface area (Å²) in [5.41, 5.74) is 1.03. The lowest BCUT2D eigenvalue weighted by Crippen LogP contribution is -2.57. The van der Waals surface area contributed by atoms with E-state index in [2.05, 4.69) is 0 Å². The molecule has 20 heavy (non-hydrogen) atoms. The summed E-state index contributed by atoms with van der Waals surface area (Å²) in [4.78, 5) is 24.5. The lowest BCUT2D eigenvalue weighted by molar-refractivity contribution is -0.190. The van der Waals surface area contributed by atoms with Gasteiger partial charge in [0.15, 0.2) is 25.7 Å². The Balaban J connectivity index is 2.52. The van der Waals surface area contributed by atoms with Crippen molar-refractivity contribution >= 4 is 19.9 Å². The number of rotatable bonds is 3. The number of allylic oxidation sites excluding steroid dienone is 3. The van der Waals surface area contributed by atoms with Gasteiger partial charge >= 0.3 is 0 Å². The molecule has 0 heterocycles. The molecule has 0 saturated heterocycles. The van der Waals surface area contributed by atoms with Crippen molar-refractivity contribution in [1.29, 1.82) is 0 Å². The van der Waals surface area contributed by atoms with Crippen LogP contribution in [0.3, 0.4) is 0 Å². The molecule has 0 aliphatic heterocycles. The molecule has 0 amide bonds. The molecule has 0 aromatic rings. The Kier molecular flexibility index (Phi) is 3.88. The van der Waals surface area contributed by atoms with E-state index in [9.17, 15) is 9.59 Å². The number of carbonyl (C=O) groups is 2. The fraction of sp³-hybridized carbons (Fsp3) is 0.600. The second-order valence-electron chi connectivity index (χ2n) is 6.56. The van der Waals surface area contributed by atoms with E-state index < -0.39 is 20.0 Å². The van der Waals surface area contributed by atoms with E-state index in [1.54, 1.807) is 7.11 Å². The normalized spacial score (nSPS) is 34.0. The Morgan fingerprint density at radius 2 is 1.80 bits per heavy atom. The molecule has 0 fully saturated rings. The third kappa shape index (κ3) is 2.70. The fourth-order valence-electron chi connectivity index (χ4n) is 3.09. The number of ether oxygens (including phenoxy) is 1. The lowest BCUT2D eigenvalue weighted by atomic mass is 9.69. The minimum absolute atomic E-state index is 0.0114. The van der Waals surface area contributed by atoms with Crippen molar-refractivity contribution in [2.45, 2.75) is 38.8 Å². The van der Waals surface area contributed by atoms with Gasteiger partial charge in [0.25, 0.3) is 0 Å². The van der Waals surface area contributed by atoms with Gasteiger partial charge in [0.05, 0.1) is 5.92 Å². The first-order valence-electron chi connectivity index (χ1n) is 6.88. The van der Waals surface area contributed by atoms with E-state index in [4.69, 9.17) is 9.16 Å². The van der Waals surface area contributed by atoms with Gasteiger partial charge in [0.2, 0.25) is 0 Å². The average Bonchev–Trinajstić information content (AvgIpc) is 2.31. The first-order valence-corrected chi connectivity index (χ1v) is 10.3. The zero-order chi connectivity index (χ0) is 15.1. The average molecular weight is 294 g/mol. The number of hydrogen-bond acceptors (Lipinski definition) is 4. The lowest BCUT2D eigenvalue weighted by Gasteiger charge is -2.46. The van der Waals surface area contributed by atoms with Crippen molar-refractivity contribution in [2.24, 2.45) is 11.8 Å². The largest absolute Gasteiger partial charge is 0.387 e. The van der Waals surface area contributed by atoms with Gasteiger partial charge in [-0.05, 0) is 51.2 Å². The van der Waals surface area contributed by atoms with Crippen LogP contribution in [0.2, 0.25) is 19.6 Å². The molecule has 0 aromatic heterocycles. The number of fused-ring (bicyclic) bond motifs is 1. The van der Waals surface area contributed by atoms with Crippen molar-refractivity contribution < 1.29 is 18.8 Å². The van der Waals surface area contributed by atoms with Crippen molar-refractivity contribution in [3.63, 3.8) is 0 Å². The monoisotopic (exact) mass is 294 g/mol. The molecule has 5 heteroatoms. The molecule has 3 unspecified atom stereocenters. The molecule has 2 rings (SSSR count). The van der Waals surface area contributed by atoms with Gasteiger partial charge in [0.1, 0.15) is 0 Å². The minimum Gasteiger partial charge on any atom is -0.387 e. The Hall–Kier alpha value is -1.04. The van der Waals surface area contributed by atoms with Crippen LogP contribution in [0.4, 0.5) is 0 Å². The molecule has 0 N–H and O–H groups in total. The minimum atomic E-state index is -1.95. The zero-order valence-electron chi connectivity index (χ0n) is 12.7. The van der Waals surface area contributed by atoms with Crippen LogP contribution in [0.5, 0.6) is 0 Å². The zero-order valence-corrected chi connectivity index (χ0v) is 13.7. The third-order valence-corrected chi connectivity index (χ3v) is 4.63. The molecule has 4 nitrogen and oxygen atoms in total. The third-order valence-electron chi connectivity index (χ3n) is 3.69. The Morgan fingerprint density at radius 3 is 2.35 bits per heavy atom. The second kappa shape index (κ2) is 5.06. The van der Waals surface area contributed by atoms with Gasteiger partial charge in [-0.15, -0.1) is 0 Å². The molecule has 3 atom stereocenters. The molecular weight excluding hydrogens is 272 g/mol. The molecule has 0 bridgehead atoms. The van der Waals surface area contributed by atoms with Crippen LogP contribution in [0.1, 0.15) is 13.3 Å². The predicted octanol–water partition coefficient (Wildman–Crippen LogP) is 2.47. The highest BCUT2D eigenvalue weighted by Crippen LogP contribution is 2.44. The molecule has 0 saturated carbocycles. The van der Waals surface area contributed by atoms with Crippen molar-refractivity contribution in [2.75, 3.05) is 7.11 Å². The van der Waals surface area contributed by atoms with Crippen LogP contribution in [-0.4, -0.2) is 32.8 Å². The number of ketones is 2. The fourth-order valence-corrected chi connectivity index (χ4v) is 4.32. The van der Waals surface area contributed by atoms with Gasteiger partial charge < -0.3 is 9.16 Å². The smallest absolute Gasteiger partial charge is 0.189 e. The van der Waals surface area contributed by atoms with E-state index in [1.165, 1.54) is 12.2 Å². The molecular formula is C15H22O4Si. The highest BCUT2D eigenvalue weighted by atomic mass is 28.4. The SMILES string of the molecule is COC1(O[Si](C)(C)C)C=C(C)CC2C(=O)C=CC(=O)C21. The Labute approximate surface area is 121 Å². The Morgan fingerprint density at radius 1 is 1.20 bits per heavy atom. The summed E-state index contributed by atoms with van der Waals surface area (Å²) < 4.78 is 11.9. The Bertz CT molecular complexity index is 500. The van der Waals surface area contributed by atoms with Crippen LogP contribution in [0.15, 0.2) is 23.8 Å². The molecule has 0 aromatic carbocycles. The van der Waals surface area contributed by atoms with Crippen LogP contribution in [-0.2, 0) is 18.8 Å². The predicted molar refractivity (Wildman–Crippen MR) is 78.7 cm³/mol. The van der Waals surface area contributed by atoms with Gasteiger partial charge in [-0.3, -0.25) is 9.59 Å². The van der Waals surface area contributed by atoms with Crippen molar-refractivity contribution in [1.82, 2.24) is 0 Å². The maximum absolute atomic E-state index is 12.3. The van der Waals surface area contributed by atoms with Gasteiger partial charge in [-0.2, -0.15) is 0 Å². The van der Waals surface area contributed by atoms with E-state index in [0.29, 0.717) is 6.42 Å². The van der Waals surface area contributed by atoms with E-state index in [0.717, 1.165) is 5.57 Å². The summed E-state index contributed by atoms with van der Waals surface area (Å²) in [6.45, 7) is 8.09. The molecule has 2 aliphatic carbocycles. The summed E-state index contributed by atoms with van der Waals surface area (Å²) in [7, 11) is -0.409. The first-order chi connectivity index (χ1) is 9.18. The number of hydrogen-bond donors (Lipinski definition) is 0. The van der Waals surface area contributed by atoms with Crippen molar-refractivity contribution in [3.8, 4) is 0 Å². The highest BCUT2D eigenvalue weighted by Gasteiger charge is 2.53. The summed E-state index contributed by atoms with van der Waals surface area (Å²) in [5, 5.41) is 0. The number of methoxy groups -OCH3 is 1. The maximum Gasteiger partial charge on any atom is 0.189 e. The second-order valence-corrected chi connectivity index (χ2v) is 11.0. The summed E-state index contributed by atoms with van der Waals surface area (Å²) in [5.74, 6) is -2.13. The summed E-state index contributed by atoms with van der Waals surface area (Å²) in [6, 6.07) is 0. The van der Waals surface area contributed by atoms with Crippen molar-refractivity contribution in [3.05, 3.63) is 23.8 Å². The number of carbonyl (C=O) groups excluding carboxylic acids is 2. The van der Waals surface area contributed by atoms with Gasteiger partial charge in [0, 0.05) is 13.0 Å². The maximum atomic E-state index is 12.3. The van der Waals surface area contributed by atoms with E-state index in [1.807, 2.05) is 32.6 Å². The molecule has 110 valence electrons. The summed E-state index contributed by atoms with van der Waals surface area (Å²) in [6.07, 6.45) is 5.23. The summed E-state index contributed by atoms with van der Waals surface area (Å²) >= 11 is 0. The topological polar surface area (TPSA) is 52.6 Å². The highest BCUT2D eigenvalue weighted by molar-refractivity contribution is 6.69. The molecule has 0 radical (unpaired) electrons. The molecule has 0 spiro atoms. The molecule has 2 aliphatic rings. The van der Waals surface area contributed by atoms with Gasteiger partial charge in [-0.25, -0.2) is 0 Å². The van der Waals surface area contributed by atoms with Crippen LogP contribution in [0.25, 0.3) is 0 Å². The van der Waals surface area contributed by atoms with Crippen LogP contribution in [0, 0.1) is 11.8 Å².